The van der Waals surface area contributed by atoms with Gasteiger partial charge in [0.05, 0.1) is 0 Å². The molecule has 0 saturated carbocycles. The average Bonchev–Trinajstić information content (AvgIpc) is 2.18. The van der Waals surface area contributed by atoms with Gasteiger partial charge in [0.25, 0.3) is 0 Å². The minimum Gasteiger partial charge on any atom is -0.624 e. The zero-order valence-corrected chi connectivity index (χ0v) is 9.30. The Morgan fingerprint density at radius 2 is 2.20 bits per heavy atom. The lowest BCUT2D eigenvalue weighted by Crippen LogP contribution is -2.30. The maximum atomic E-state index is 11.4. The number of aromatic nitrogens is 1. The average molecular weight is 208 g/mol. The molecule has 0 bridgehead atoms. The third-order valence-corrected chi connectivity index (χ3v) is 1.77. The molecule has 82 valence electrons. The molecule has 0 atom stereocenters. The van der Waals surface area contributed by atoms with E-state index in [1.165, 1.54) is 6.21 Å². The van der Waals surface area contributed by atoms with Crippen LogP contribution in [0.15, 0.2) is 24.4 Å². The van der Waals surface area contributed by atoms with Crippen LogP contribution in [0.25, 0.3) is 0 Å². The molecule has 4 heteroatoms. The SMILES string of the molecule is CC(C)(C)[N+]([O-])=CCOc1ccccn1. The van der Waals surface area contributed by atoms with E-state index in [0.29, 0.717) is 5.88 Å². The van der Waals surface area contributed by atoms with Crippen molar-refractivity contribution in [1.82, 2.24) is 4.98 Å². The van der Waals surface area contributed by atoms with Crippen LogP contribution in [0.3, 0.4) is 0 Å². The zero-order chi connectivity index (χ0) is 11.3. The van der Waals surface area contributed by atoms with Gasteiger partial charge in [-0.3, -0.25) is 0 Å². The van der Waals surface area contributed by atoms with Crippen molar-refractivity contribution in [3.8, 4) is 5.88 Å². The molecule has 15 heavy (non-hydrogen) atoms. The minimum absolute atomic E-state index is 0.234. The molecule has 0 saturated heterocycles. The highest BCUT2D eigenvalue weighted by atomic mass is 16.5. The van der Waals surface area contributed by atoms with E-state index in [-0.39, 0.29) is 6.61 Å². The highest BCUT2D eigenvalue weighted by Gasteiger charge is 2.17. The quantitative estimate of drug-likeness (QED) is 0.329. The van der Waals surface area contributed by atoms with Gasteiger partial charge in [0.1, 0.15) is 0 Å². The van der Waals surface area contributed by atoms with Crippen LogP contribution in [0.1, 0.15) is 20.8 Å². The summed E-state index contributed by atoms with van der Waals surface area (Å²) in [5.74, 6) is 0.524. The van der Waals surface area contributed by atoms with E-state index in [1.54, 1.807) is 12.3 Å². The summed E-state index contributed by atoms with van der Waals surface area (Å²) in [5.41, 5.74) is -0.423. The van der Waals surface area contributed by atoms with Crippen LogP contribution < -0.4 is 4.74 Å². The Bertz CT molecular complexity index is 328. The van der Waals surface area contributed by atoms with E-state index in [9.17, 15) is 5.21 Å². The maximum Gasteiger partial charge on any atom is 0.213 e. The van der Waals surface area contributed by atoms with E-state index in [1.807, 2.05) is 32.9 Å². The molecule has 0 spiro atoms. The van der Waals surface area contributed by atoms with E-state index < -0.39 is 5.54 Å². The summed E-state index contributed by atoms with van der Waals surface area (Å²) in [6, 6.07) is 5.40. The van der Waals surface area contributed by atoms with Gasteiger partial charge in [-0.15, -0.1) is 0 Å². The molecule has 0 radical (unpaired) electrons. The molecule has 1 heterocycles. The van der Waals surface area contributed by atoms with Crippen molar-refractivity contribution in [2.24, 2.45) is 0 Å². The molecule has 0 aromatic carbocycles. The molecule has 0 fully saturated rings. The van der Waals surface area contributed by atoms with Crippen LogP contribution in [-0.4, -0.2) is 28.1 Å². The smallest absolute Gasteiger partial charge is 0.213 e. The lowest BCUT2D eigenvalue weighted by molar-refractivity contribution is -0.532. The fourth-order valence-electron chi connectivity index (χ4n) is 0.897. The molecule has 0 aliphatic rings. The normalized spacial score (nSPS) is 12.6. The van der Waals surface area contributed by atoms with E-state index in [2.05, 4.69) is 4.98 Å². The van der Waals surface area contributed by atoms with Crippen molar-refractivity contribution in [3.05, 3.63) is 29.6 Å². The number of hydroxylamine groups is 1. The first kappa shape index (κ1) is 11.5. The summed E-state index contributed by atoms with van der Waals surface area (Å²) in [4.78, 5) is 3.97. The lowest BCUT2D eigenvalue weighted by Gasteiger charge is -2.18. The first-order valence-electron chi connectivity index (χ1n) is 4.84. The van der Waals surface area contributed by atoms with Crippen LogP contribution in [0.4, 0.5) is 0 Å². The van der Waals surface area contributed by atoms with Crippen molar-refractivity contribution in [1.29, 1.82) is 0 Å². The minimum atomic E-state index is -0.423. The highest BCUT2D eigenvalue weighted by molar-refractivity contribution is 5.53. The first-order chi connectivity index (χ1) is 7.00. The summed E-state index contributed by atoms with van der Waals surface area (Å²) in [6.07, 6.45) is 3.11. The van der Waals surface area contributed by atoms with Crippen molar-refractivity contribution >= 4 is 6.21 Å². The summed E-state index contributed by atoms with van der Waals surface area (Å²) in [5, 5.41) is 11.4. The lowest BCUT2D eigenvalue weighted by atomic mass is 10.1. The number of pyridine rings is 1. The Morgan fingerprint density at radius 1 is 1.47 bits per heavy atom. The molecular formula is C11H16N2O2. The topological polar surface area (TPSA) is 48.2 Å². The zero-order valence-electron chi connectivity index (χ0n) is 9.30. The highest BCUT2D eigenvalue weighted by Crippen LogP contribution is 2.05. The summed E-state index contributed by atoms with van der Waals surface area (Å²) in [6.45, 7) is 5.77. The number of nitrogens with zero attached hydrogens (tertiary/aromatic N) is 2. The Hall–Kier alpha value is -1.58. The van der Waals surface area contributed by atoms with Gasteiger partial charge in [0.2, 0.25) is 5.88 Å². The Kier molecular flexibility index (Phi) is 3.66. The second kappa shape index (κ2) is 4.77. The molecule has 0 unspecified atom stereocenters. The molecule has 0 aliphatic heterocycles. The van der Waals surface area contributed by atoms with Gasteiger partial charge in [-0.25, -0.2) is 9.72 Å². The third kappa shape index (κ3) is 3.97. The van der Waals surface area contributed by atoms with Gasteiger partial charge >= 0.3 is 0 Å². The second-order valence-electron chi connectivity index (χ2n) is 4.16. The monoisotopic (exact) mass is 208 g/mol. The van der Waals surface area contributed by atoms with Crippen LogP contribution >= 0.6 is 0 Å². The van der Waals surface area contributed by atoms with Gasteiger partial charge < -0.3 is 9.94 Å². The van der Waals surface area contributed by atoms with Crippen LogP contribution in [0.5, 0.6) is 5.88 Å². The number of ether oxygens (including phenoxy) is 1. The van der Waals surface area contributed by atoms with Crippen LogP contribution in [0, 0.1) is 5.21 Å². The summed E-state index contributed by atoms with van der Waals surface area (Å²) < 4.78 is 6.15. The molecular weight excluding hydrogens is 192 g/mol. The van der Waals surface area contributed by atoms with Crippen molar-refractivity contribution in [3.63, 3.8) is 0 Å². The first-order valence-corrected chi connectivity index (χ1v) is 4.84. The number of hydrogen-bond donors (Lipinski definition) is 0. The van der Waals surface area contributed by atoms with Crippen LogP contribution in [-0.2, 0) is 0 Å². The van der Waals surface area contributed by atoms with E-state index in [4.69, 9.17) is 4.74 Å². The van der Waals surface area contributed by atoms with Gasteiger partial charge in [-0.1, -0.05) is 6.07 Å². The number of rotatable bonds is 3. The predicted molar refractivity (Wildman–Crippen MR) is 59.2 cm³/mol. The maximum absolute atomic E-state index is 11.4. The molecule has 1 rings (SSSR count). The third-order valence-electron chi connectivity index (χ3n) is 1.77. The van der Waals surface area contributed by atoms with Crippen molar-refractivity contribution < 1.29 is 9.48 Å². The molecule has 0 aliphatic carbocycles. The molecule has 1 aromatic heterocycles. The summed E-state index contributed by atoms with van der Waals surface area (Å²) >= 11 is 0. The van der Waals surface area contributed by atoms with E-state index >= 15 is 0 Å². The molecule has 0 N–H and O–H groups in total. The Labute approximate surface area is 89.8 Å². The second-order valence-corrected chi connectivity index (χ2v) is 4.16. The Morgan fingerprint density at radius 3 is 2.73 bits per heavy atom. The van der Waals surface area contributed by atoms with Crippen LogP contribution in [0.2, 0.25) is 0 Å². The van der Waals surface area contributed by atoms with E-state index in [0.717, 1.165) is 4.74 Å². The fraction of sp³-hybridized carbons (Fsp3) is 0.455. The van der Waals surface area contributed by atoms with Gasteiger partial charge in [0, 0.05) is 33.0 Å². The molecule has 4 nitrogen and oxygen atoms in total. The molecule has 1 aromatic rings. The van der Waals surface area contributed by atoms with Gasteiger partial charge in [-0.05, 0) is 6.07 Å². The summed E-state index contributed by atoms with van der Waals surface area (Å²) in [7, 11) is 0. The van der Waals surface area contributed by atoms with Gasteiger partial charge in [-0.2, -0.15) is 0 Å². The Balaban J connectivity index is 2.46. The van der Waals surface area contributed by atoms with Crippen molar-refractivity contribution in [2.75, 3.05) is 6.61 Å². The number of hydrogen-bond acceptors (Lipinski definition) is 3. The van der Waals surface area contributed by atoms with Gasteiger partial charge in [0.15, 0.2) is 18.4 Å². The fourth-order valence-corrected chi connectivity index (χ4v) is 0.897. The largest absolute Gasteiger partial charge is 0.624 e. The van der Waals surface area contributed by atoms with Crippen molar-refractivity contribution in [2.45, 2.75) is 26.3 Å². The predicted octanol–water partition coefficient (Wildman–Crippen LogP) is 1.84. The molecule has 0 amide bonds. The standard InChI is InChI=1S/C11H16N2O2/c1-11(2,3)13(14)8-9-15-10-6-4-5-7-12-10/h4-8H,9H2,1-3H3.